The first-order chi connectivity index (χ1) is 38.4. The van der Waals surface area contributed by atoms with Gasteiger partial charge in [0.1, 0.15) is 19.3 Å². The minimum absolute atomic E-state index is 0.0267. The van der Waals surface area contributed by atoms with E-state index in [4.69, 9.17) is 13.8 Å². The molecule has 9 nitrogen and oxygen atoms in total. The van der Waals surface area contributed by atoms with Crippen molar-refractivity contribution in [3.05, 3.63) is 72.9 Å². The minimum Gasteiger partial charge on any atom is -0.756 e. The molecule has 0 saturated heterocycles. The third-order valence-corrected chi connectivity index (χ3v) is 15.6. The Balaban J connectivity index is 5.23. The lowest BCUT2D eigenvalue weighted by Crippen LogP contribution is -2.47. The van der Waals surface area contributed by atoms with E-state index in [0.717, 1.165) is 103 Å². The number of esters is 1. The number of likely N-dealkylation sites (N-methyl/N-ethyl adjacent to an activating group) is 1. The number of hydrogen-bond acceptors (Lipinski definition) is 7. The fraction of sp³-hybridized carbons (Fsp3) is 0.797. The summed E-state index contributed by atoms with van der Waals surface area (Å²) in [6, 6.07) is -0.898. The van der Waals surface area contributed by atoms with Gasteiger partial charge in [0, 0.05) is 12.8 Å². The molecule has 0 aliphatic carbocycles. The van der Waals surface area contributed by atoms with E-state index in [0.29, 0.717) is 17.4 Å². The maximum atomic E-state index is 13.6. The van der Waals surface area contributed by atoms with E-state index >= 15 is 0 Å². The number of nitrogens with zero attached hydrogens (tertiary/aromatic N) is 1. The molecule has 0 rings (SSSR count). The number of amides is 1. The van der Waals surface area contributed by atoms with Gasteiger partial charge >= 0.3 is 5.97 Å². The van der Waals surface area contributed by atoms with Crippen LogP contribution in [0, 0.1) is 0 Å². The zero-order valence-electron chi connectivity index (χ0n) is 52.6. The van der Waals surface area contributed by atoms with Gasteiger partial charge in [-0.2, -0.15) is 0 Å². The van der Waals surface area contributed by atoms with Crippen LogP contribution in [0.15, 0.2) is 72.9 Å². The van der Waals surface area contributed by atoms with Crippen molar-refractivity contribution in [2.45, 2.75) is 315 Å². The number of unbranched alkanes of at least 4 members (excludes halogenated alkanes) is 34. The molecule has 0 saturated carbocycles. The fourth-order valence-corrected chi connectivity index (χ4v) is 10.2. The Bertz CT molecular complexity index is 1580. The van der Waals surface area contributed by atoms with Crippen LogP contribution in [-0.4, -0.2) is 69.4 Å². The largest absolute Gasteiger partial charge is 0.756 e. The van der Waals surface area contributed by atoms with Crippen molar-refractivity contribution in [1.29, 1.82) is 0 Å². The van der Waals surface area contributed by atoms with E-state index in [1.807, 2.05) is 33.3 Å². The quantitative estimate of drug-likeness (QED) is 0.0212. The van der Waals surface area contributed by atoms with Gasteiger partial charge in [0.05, 0.1) is 33.8 Å². The summed E-state index contributed by atoms with van der Waals surface area (Å²) in [5, 5.41) is 3.03. The summed E-state index contributed by atoms with van der Waals surface area (Å²) >= 11 is 0. The molecule has 0 spiro atoms. The van der Waals surface area contributed by atoms with Crippen molar-refractivity contribution in [2.24, 2.45) is 0 Å². The second kappa shape index (κ2) is 58.6. The van der Waals surface area contributed by atoms with Crippen LogP contribution in [0.25, 0.3) is 0 Å². The summed E-state index contributed by atoms with van der Waals surface area (Å²) < 4.78 is 30.4. The molecular weight excluding hydrogens is 1000 g/mol. The molecule has 0 aromatic heterocycles. The number of quaternary nitrogens is 1. The normalized spacial score (nSPS) is 14.1. The van der Waals surface area contributed by atoms with Gasteiger partial charge < -0.3 is 28.5 Å². The van der Waals surface area contributed by atoms with Crippen LogP contribution < -0.4 is 10.2 Å². The second-order valence-corrected chi connectivity index (χ2v) is 25.0. The van der Waals surface area contributed by atoms with Crippen molar-refractivity contribution in [3.8, 4) is 0 Å². The Hall–Kier alpha value is -2.55. The number of phosphoric acid groups is 1. The monoisotopic (exact) mass is 1130 g/mol. The molecule has 0 bridgehead atoms. The van der Waals surface area contributed by atoms with Crippen molar-refractivity contribution in [2.75, 3.05) is 40.9 Å². The number of hydrogen-bond donors (Lipinski definition) is 1. The molecule has 79 heavy (non-hydrogen) atoms. The van der Waals surface area contributed by atoms with Gasteiger partial charge in [0.15, 0.2) is 0 Å². The molecule has 0 aliphatic heterocycles. The molecule has 1 amide bonds. The molecule has 0 aromatic rings. The summed E-state index contributed by atoms with van der Waals surface area (Å²) in [6.45, 7) is 6.82. The lowest BCUT2D eigenvalue weighted by atomic mass is 10.0. The van der Waals surface area contributed by atoms with Crippen LogP contribution in [0.3, 0.4) is 0 Å². The van der Waals surface area contributed by atoms with Crippen LogP contribution in [0.4, 0.5) is 0 Å². The molecule has 460 valence electrons. The molecule has 0 aliphatic rings. The number of carbonyl (C=O) groups is 2. The number of ether oxygens (including phenoxy) is 1. The van der Waals surface area contributed by atoms with Crippen molar-refractivity contribution in [3.63, 3.8) is 0 Å². The molecule has 3 unspecified atom stereocenters. The van der Waals surface area contributed by atoms with Crippen LogP contribution in [0.1, 0.15) is 303 Å². The van der Waals surface area contributed by atoms with Gasteiger partial charge in [0.2, 0.25) is 5.91 Å². The summed E-state index contributed by atoms with van der Waals surface area (Å²) in [7, 11) is 1.18. The topological polar surface area (TPSA) is 114 Å². The highest BCUT2D eigenvalue weighted by molar-refractivity contribution is 7.45. The molecule has 0 fully saturated rings. The maximum Gasteiger partial charge on any atom is 0.306 e. The number of allylic oxidation sites excluding steroid dienone is 11. The van der Waals surface area contributed by atoms with Gasteiger partial charge in [-0.3, -0.25) is 14.2 Å². The average Bonchev–Trinajstić information content (AvgIpc) is 3.41. The van der Waals surface area contributed by atoms with E-state index in [1.165, 1.54) is 167 Å². The summed E-state index contributed by atoms with van der Waals surface area (Å²) in [5.41, 5.74) is 0. The Kier molecular flexibility index (Phi) is 56.7. The van der Waals surface area contributed by atoms with Crippen molar-refractivity contribution < 1.29 is 37.3 Å². The van der Waals surface area contributed by atoms with Crippen LogP contribution in [0.5, 0.6) is 0 Å². The third kappa shape index (κ3) is 59.9. The van der Waals surface area contributed by atoms with Crippen molar-refractivity contribution in [1.82, 2.24) is 5.32 Å². The van der Waals surface area contributed by atoms with Crippen LogP contribution >= 0.6 is 7.82 Å². The minimum atomic E-state index is -4.71. The predicted molar refractivity (Wildman–Crippen MR) is 339 cm³/mol. The highest BCUT2D eigenvalue weighted by Gasteiger charge is 2.27. The summed E-state index contributed by atoms with van der Waals surface area (Å²) in [4.78, 5) is 40.1. The highest BCUT2D eigenvalue weighted by atomic mass is 31.2. The number of nitrogens with one attached hydrogen (secondary N) is 1. The second-order valence-electron chi connectivity index (χ2n) is 23.6. The Morgan fingerprint density at radius 1 is 0.443 bits per heavy atom. The number of carbonyl (C=O) groups excluding carboxylic acids is 2. The van der Waals surface area contributed by atoms with Gasteiger partial charge in [-0.25, -0.2) is 0 Å². The first kappa shape index (κ1) is 76.5. The van der Waals surface area contributed by atoms with E-state index in [9.17, 15) is 19.0 Å². The van der Waals surface area contributed by atoms with Crippen molar-refractivity contribution >= 4 is 19.7 Å². The zero-order chi connectivity index (χ0) is 57.9. The standard InChI is InChI=1S/C69H127N2O7P/c1-7-10-13-16-19-22-25-28-30-32-33-34-35-36-37-39-41-44-47-50-53-56-59-62-69(73)78-67(60-57-54-51-48-45-42-27-24-21-18-15-12-9-3)66(65-77-79(74,75)76-64-63-71(4,5)6)70-68(72)61-58-55-52-49-46-43-40-38-31-29-26-23-20-17-14-11-8-2/h19,22,28-31,33-34,36-37,57,60,66-67H,7-18,20-21,23-27,32,35,38-56,58-59,61-65H2,1-6H3,(H-,70,72,74,75)/b22-19-,30-28-,31-29+,34-33-,37-36-,60-57-. The molecule has 3 atom stereocenters. The Morgan fingerprint density at radius 2 is 0.772 bits per heavy atom. The number of rotatable bonds is 60. The number of phosphoric ester groups is 1. The van der Waals surface area contributed by atoms with E-state index in [2.05, 4.69) is 86.8 Å². The first-order valence-corrected chi connectivity index (χ1v) is 34.7. The van der Waals surface area contributed by atoms with E-state index < -0.39 is 26.6 Å². The summed E-state index contributed by atoms with van der Waals surface area (Å²) in [5.74, 6) is -0.552. The summed E-state index contributed by atoms with van der Waals surface area (Å²) in [6.07, 6.45) is 75.8. The average molecular weight is 1130 g/mol. The smallest absolute Gasteiger partial charge is 0.306 e. The Morgan fingerprint density at radius 3 is 1.19 bits per heavy atom. The van der Waals surface area contributed by atoms with Gasteiger partial charge in [-0.1, -0.05) is 261 Å². The fourth-order valence-electron chi connectivity index (χ4n) is 9.44. The van der Waals surface area contributed by atoms with Gasteiger partial charge in [-0.05, 0) is 102 Å². The Labute approximate surface area is 489 Å². The van der Waals surface area contributed by atoms with E-state index in [1.54, 1.807) is 0 Å². The van der Waals surface area contributed by atoms with Crippen LogP contribution in [-0.2, 0) is 27.9 Å². The molecular formula is C69H127N2O7P. The maximum absolute atomic E-state index is 13.6. The molecule has 10 heteroatoms. The van der Waals surface area contributed by atoms with Gasteiger partial charge in [0.25, 0.3) is 7.82 Å². The first-order valence-electron chi connectivity index (χ1n) is 33.2. The third-order valence-electron chi connectivity index (χ3n) is 14.6. The molecule has 0 aromatic carbocycles. The predicted octanol–water partition coefficient (Wildman–Crippen LogP) is 20.2. The highest BCUT2D eigenvalue weighted by Crippen LogP contribution is 2.38. The SMILES string of the molecule is CCCCC/C=C\C/C=C\C/C=C\C/C=C\CCCCCCCCCC(=O)OC(/C=C\CCCCCCCCCCCCC)C(COP(=O)([O-])OCC[N+](C)(C)C)NC(=O)CCCCCCCCC/C=C/CCCCCCCC. The van der Waals surface area contributed by atoms with E-state index in [-0.39, 0.29) is 24.9 Å². The van der Waals surface area contributed by atoms with Gasteiger partial charge in [-0.15, -0.1) is 0 Å². The molecule has 0 radical (unpaired) electrons. The zero-order valence-corrected chi connectivity index (χ0v) is 53.5. The lowest BCUT2D eigenvalue weighted by molar-refractivity contribution is -0.870. The molecule has 0 heterocycles. The van der Waals surface area contributed by atoms with Crippen LogP contribution in [0.2, 0.25) is 0 Å². The lowest BCUT2D eigenvalue weighted by Gasteiger charge is -2.30. The molecule has 1 N–H and O–H groups in total.